The van der Waals surface area contributed by atoms with Crippen molar-refractivity contribution in [1.29, 1.82) is 0 Å². The molecule has 6 heteroatoms. The Morgan fingerprint density at radius 1 is 0.967 bits per heavy atom. The van der Waals surface area contributed by atoms with Gasteiger partial charge in [0.1, 0.15) is 0 Å². The zero-order valence-electron chi connectivity index (χ0n) is 16.0. The summed E-state index contributed by atoms with van der Waals surface area (Å²) in [5.41, 5.74) is 10.1. The molecule has 0 radical (unpaired) electrons. The van der Waals surface area contributed by atoms with E-state index in [1.807, 2.05) is 36.4 Å². The number of nitrogens with one attached hydrogen (secondary N) is 1. The van der Waals surface area contributed by atoms with Crippen LogP contribution in [0, 0.1) is 0 Å². The van der Waals surface area contributed by atoms with Crippen LogP contribution in [0.5, 0.6) is 0 Å². The maximum atomic E-state index is 12.9. The second-order valence-electron chi connectivity index (χ2n) is 6.74. The van der Waals surface area contributed by atoms with E-state index >= 15 is 0 Å². The number of hydrogen-bond donors (Lipinski definition) is 2. The highest BCUT2D eigenvalue weighted by Gasteiger charge is 2.14. The molecule has 3 N–H and O–H groups in total. The highest BCUT2D eigenvalue weighted by Crippen LogP contribution is 2.25. The Bertz CT molecular complexity index is 1180. The van der Waals surface area contributed by atoms with E-state index in [1.165, 1.54) is 0 Å². The fourth-order valence-corrected chi connectivity index (χ4v) is 3.18. The van der Waals surface area contributed by atoms with Crippen molar-refractivity contribution in [1.82, 2.24) is 9.97 Å². The number of carbonyl (C=O) groups is 1. The molecule has 30 heavy (non-hydrogen) atoms. The molecule has 0 fully saturated rings. The van der Waals surface area contributed by atoms with Gasteiger partial charge in [-0.3, -0.25) is 4.79 Å². The second-order valence-corrected chi connectivity index (χ2v) is 7.18. The molecule has 1 heterocycles. The van der Waals surface area contributed by atoms with E-state index in [1.54, 1.807) is 48.7 Å². The maximum Gasteiger partial charge on any atom is 0.223 e. The molecule has 0 saturated heterocycles. The molecule has 3 aromatic carbocycles. The van der Waals surface area contributed by atoms with Crippen molar-refractivity contribution in [2.24, 2.45) is 0 Å². The van der Waals surface area contributed by atoms with Crippen LogP contribution in [0.4, 0.5) is 11.6 Å². The number of nitrogen functional groups attached to an aromatic ring is 1. The van der Waals surface area contributed by atoms with Gasteiger partial charge in [-0.05, 0) is 48.0 Å². The third kappa shape index (κ3) is 4.47. The lowest BCUT2D eigenvalue weighted by atomic mass is 9.98. The number of carbonyl (C=O) groups excluding carboxylic acids is 1. The van der Waals surface area contributed by atoms with Crippen LogP contribution in [0.3, 0.4) is 0 Å². The Morgan fingerprint density at radius 2 is 1.73 bits per heavy atom. The smallest absolute Gasteiger partial charge is 0.223 e. The molecule has 0 spiro atoms. The molecule has 5 nitrogen and oxygen atoms in total. The number of hydrogen-bond acceptors (Lipinski definition) is 5. The van der Waals surface area contributed by atoms with E-state index in [4.69, 9.17) is 17.3 Å². The quantitative estimate of drug-likeness (QED) is 0.334. The van der Waals surface area contributed by atoms with Gasteiger partial charge in [0.05, 0.1) is 5.69 Å². The molecule has 0 atom stereocenters. The van der Waals surface area contributed by atoms with Crippen LogP contribution in [0.15, 0.2) is 85.1 Å². The number of ketones is 1. The number of anilines is 2. The summed E-state index contributed by atoms with van der Waals surface area (Å²) in [5, 5.41) is 3.80. The number of nitrogens with zero attached hydrogens (tertiary/aromatic N) is 2. The van der Waals surface area contributed by atoms with Crippen molar-refractivity contribution in [2.75, 3.05) is 11.1 Å². The van der Waals surface area contributed by atoms with Crippen molar-refractivity contribution < 1.29 is 4.79 Å². The SMILES string of the molecule is Nc1ccc(-c2ccnc(NCc3ccccc3)n2)cc1C(=O)c1ccc(Cl)cc1. The molecular weight excluding hydrogens is 396 g/mol. The molecule has 0 amide bonds. The van der Waals surface area contributed by atoms with E-state index in [2.05, 4.69) is 15.3 Å². The molecule has 0 bridgehead atoms. The Hall–Kier alpha value is -3.70. The van der Waals surface area contributed by atoms with Gasteiger partial charge in [-0.1, -0.05) is 48.0 Å². The van der Waals surface area contributed by atoms with E-state index in [0.29, 0.717) is 40.0 Å². The standard InChI is InChI=1S/C24H19ClN4O/c25-19-9-6-17(7-10-19)23(30)20-14-18(8-11-21(20)26)22-12-13-27-24(29-22)28-15-16-4-2-1-3-5-16/h1-14H,15,26H2,(H,27,28,29). The Morgan fingerprint density at radius 3 is 2.50 bits per heavy atom. The fourth-order valence-electron chi connectivity index (χ4n) is 3.05. The summed E-state index contributed by atoms with van der Waals surface area (Å²) in [7, 11) is 0. The lowest BCUT2D eigenvalue weighted by Gasteiger charge is -2.10. The van der Waals surface area contributed by atoms with E-state index in [-0.39, 0.29) is 5.78 Å². The Balaban J connectivity index is 1.59. The average molecular weight is 415 g/mol. The first-order chi connectivity index (χ1) is 14.6. The van der Waals surface area contributed by atoms with Crippen LogP contribution in [-0.2, 0) is 6.54 Å². The van der Waals surface area contributed by atoms with Crippen LogP contribution < -0.4 is 11.1 Å². The average Bonchev–Trinajstić information content (AvgIpc) is 2.79. The van der Waals surface area contributed by atoms with Crippen LogP contribution in [0.1, 0.15) is 21.5 Å². The summed E-state index contributed by atoms with van der Waals surface area (Å²) >= 11 is 5.92. The van der Waals surface area contributed by atoms with E-state index < -0.39 is 0 Å². The van der Waals surface area contributed by atoms with Crippen molar-refractivity contribution in [3.8, 4) is 11.3 Å². The summed E-state index contributed by atoms with van der Waals surface area (Å²) in [5.74, 6) is 0.348. The first-order valence-electron chi connectivity index (χ1n) is 9.41. The first kappa shape index (κ1) is 19.6. The minimum atomic E-state index is -0.164. The highest BCUT2D eigenvalue weighted by atomic mass is 35.5. The molecule has 0 aliphatic heterocycles. The van der Waals surface area contributed by atoms with Crippen LogP contribution in [-0.4, -0.2) is 15.8 Å². The zero-order valence-corrected chi connectivity index (χ0v) is 16.8. The van der Waals surface area contributed by atoms with Gasteiger partial charge < -0.3 is 11.1 Å². The lowest BCUT2D eigenvalue weighted by molar-refractivity contribution is 0.103. The minimum Gasteiger partial charge on any atom is -0.398 e. The van der Waals surface area contributed by atoms with Crippen LogP contribution in [0.2, 0.25) is 5.02 Å². The third-order valence-electron chi connectivity index (χ3n) is 4.65. The Labute approximate surface area is 179 Å². The molecule has 0 saturated carbocycles. The molecule has 0 unspecified atom stereocenters. The highest BCUT2D eigenvalue weighted by molar-refractivity contribution is 6.30. The van der Waals surface area contributed by atoms with Gasteiger partial charge >= 0.3 is 0 Å². The fraction of sp³-hybridized carbons (Fsp3) is 0.0417. The monoisotopic (exact) mass is 414 g/mol. The normalized spacial score (nSPS) is 10.6. The van der Waals surface area contributed by atoms with Gasteiger partial charge in [0.2, 0.25) is 5.95 Å². The number of aromatic nitrogens is 2. The van der Waals surface area contributed by atoms with Crippen molar-refractivity contribution >= 4 is 29.0 Å². The summed E-state index contributed by atoms with van der Waals surface area (Å²) in [6.45, 7) is 0.617. The van der Waals surface area contributed by atoms with Crippen LogP contribution in [0.25, 0.3) is 11.3 Å². The van der Waals surface area contributed by atoms with Crippen molar-refractivity contribution in [2.45, 2.75) is 6.54 Å². The van der Waals surface area contributed by atoms with Crippen molar-refractivity contribution in [3.05, 3.63) is 107 Å². The predicted octanol–water partition coefficient (Wildman–Crippen LogP) is 5.22. The Kier molecular flexibility index (Phi) is 5.72. The third-order valence-corrected chi connectivity index (χ3v) is 4.90. The lowest BCUT2D eigenvalue weighted by Crippen LogP contribution is -2.06. The molecule has 148 valence electrons. The van der Waals surface area contributed by atoms with Gasteiger partial charge in [-0.15, -0.1) is 0 Å². The van der Waals surface area contributed by atoms with Gasteiger partial charge in [-0.25, -0.2) is 9.97 Å². The predicted molar refractivity (Wildman–Crippen MR) is 121 cm³/mol. The van der Waals surface area contributed by atoms with Crippen molar-refractivity contribution in [3.63, 3.8) is 0 Å². The maximum absolute atomic E-state index is 12.9. The summed E-state index contributed by atoms with van der Waals surface area (Å²) in [6, 6.07) is 23.9. The topological polar surface area (TPSA) is 80.9 Å². The van der Waals surface area contributed by atoms with Gasteiger partial charge in [0.25, 0.3) is 0 Å². The minimum absolute atomic E-state index is 0.164. The van der Waals surface area contributed by atoms with Gasteiger partial charge in [0, 0.05) is 40.1 Å². The molecule has 0 aliphatic rings. The largest absolute Gasteiger partial charge is 0.398 e. The first-order valence-corrected chi connectivity index (χ1v) is 9.79. The van der Waals surface area contributed by atoms with Crippen LogP contribution >= 0.6 is 11.6 Å². The molecule has 4 aromatic rings. The number of rotatable bonds is 6. The van der Waals surface area contributed by atoms with E-state index in [0.717, 1.165) is 11.1 Å². The number of benzene rings is 3. The molecular formula is C24H19ClN4O. The van der Waals surface area contributed by atoms with E-state index in [9.17, 15) is 4.79 Å². The zero-order chi connectivity index (χ0) is 20.9. The molecule has 0 aliphatic carbocycles. The number of nitrogens with two attached hydrogens (primary N) is 1. The van der Waals surface area contributed by atoms with Gasteiger partial charge in [0.15, 0.2) is 5.78 Å². The molecule has 1 aromatic heterocycles. The van der Waals surface area contributed by atoms with Gasteiger partial charge in [-0.2, -0.15) is 0 Å². The summed E-state index contributed by atoms with van der Waals surface area (Å²) in [6.07, 6.45) is 1.69. The summed E-state index contributed by atoms with van der Waals surface area (Å²) in [4.78, 5) is 21.8. The number of halogens is 1. The molecule has 4 rings (SSSR count). The summed E-state index contributed by atoms with van der Waals surface area (Å²) < 4.78 is 0. The second kappa shape index (κ2) is 8.76.